The lowest BCUT2D eigenvalue weighted by Gasteiger charge is -2.10. The SMILES string of the molecule is C=CCCOc1ccc(Oc2ccc(CC(=O)Nc3ccccc3C(=O)O)cc2)cc1. The summed E-state index contributed by atoms with van der Waals surface area (Å²) < 4.78 is 11.4. The van der Waals surface area contributed by atoms with Crippen LogP contribution in [0, 0.1) is 0 Å². The van der Waals surface area contributed by atoms with Gasteiger partial charge in [-0.1, -0.05) is 30.3 Å². The highest BCUT2D eigenvalue weighted by Crippen LogP contribution is 2.24. The Morgan fingerprint density at radius 3 is 2.16 bits per heavy atom. The zero-order chi connectivity index (χ0) is 22.1. The largest absolute Gasteiger partial charge is 0.493 e. The highest BCUT2D eigenvalue weighted by Gasteiger charge is 2.12. The van der Waals surface area contributed by atoms with Gasteiger partial charge in [0.2, 0.25) is 5.91 Å². The molecule has 0 atom stereocenters. The van der Waals surface area contributed by atoms with Crippen molar-refractivity contribution in [2.75, 3.05) is 11.9 Å². The van der Waals surface area contributed by atoms with Gasteiger partial charge in [0.25, 0.3) is 0 Å². The molecule has 6 nitrogen and oxygen atoms in total. The highest BCUT2D eigenvalue weighted by molar-refractivity contribution is 6.00. The Labute approximate surface area is 180 Å². The molecule has 0 saturated carbocycles. The van der Waals surface area contributed by atoms with Crippen molar-refractivity contribution >= 4 is 17.6 Å². The van der Waals surface area contributed by atoms with Crippen molar-refractivity contribution in [3.63, 3.8) is 0 Å². The van der Waals surface area contributed by atoms with Gasteiger partial charge in [0.1, 0.15) is 17.2 Å². The molecule has 0 unspecified atom stereocenters. The fraction of sp³-hybridized carbons (Fsp3) is 0.120. The van der Waals surface area contributed by atoms with Crippen molar-refractivity contribution in [1.29, 1.82) is 0 Å². The van der Waals surface area contributed by atoms with Crippen LogP contribution in [-0.4, -0.2) is 23.6 Å². The maximum atomic E-state index is 12.3. The molecule has 1 amide bonds. The Morgan fingerprint density at radius 2 is 1.52 bits per heavy atom. The number of para-hydroxylation sites is 1. The number of carbonyl (C=O) groups excluding carboxylic acids is 1. The molecule has 0 radical (unpaired) electrons. The Bertz CT molecular complexity index is 1040. The van der Waals surface area contributed by atoms with Gasteiger partial charge in [-0.3, -0.25) is 4.79 Å². The predicted molar refractivity (Wildman–Crippen MR) is 119 cm³/mol. The summed E-state index contributed by atoms with van der Waals surface area (Å²) in [7, 11) is 0. The molecule has 2 N–H and O–H groups in total. The number of nitrogens with one attached hydrogen (secondary N) is 1. The van der Waals surface area contributed by atoms with Crippen LogP contribution in [0.15, 0.2) is 85.5 Å². The number of carboxylic acid groups (broad SMARTS) is 1. The first kappa shape index (κ1) is 21.6. The summed E-state index contributed by atoms with van der Waals surface area (Å²) in [6.45, 7) is 4.24. The summed E-state index contributed by atoms with van der Waals surface area (Å²) in [6, 6.07) is 20.8. The molecule has 3 rings (SSSR count). The maximum Gasteiger partial charge on any atom is 0.337 e. The Kier molecular flexibility index (Phi) is 7.43. The Morgan fingerprint density at radius 1 is 0.903 bits per heavy atom. The van der Waals surface area contributed by atoms with Crippen LogP contribution in [0.1, 0.15) is 22.3 Å². The van der Waals surface area contributed by atoms with Crippen molar-refractivity contribution in [3.8, 4) is 17.2 Å². The smallest absolute Gasteiger partial charge is 0.337 e. The second kappa shape index (κ2) is 10.6. The summed E-state index contributed by atoms with van der Waals surface area (Å²) in [5.41, 5.74) is 1.11. The number of carboxylic acids is 1. The summed E-state index contributed by atoms with van der Waals surface area (Å²) in [5, 5.41) is 11.9. The van der Waals surface area contributed by atoms with E-state index in [2.05, 4.69) is 11.9 Å². The summed E-state index contributed by atoms with van der Waals surface area (Å²) in [4.78, 5) is 23.6. The molecule has 0 fully saturated rings. The third-order valence-electron chi connectivity index (χ3n) is 4.37. The van der Waals surface area contributed by atoms with Crippen LogP contribution in [-0.2, 0) is 11.2 Å². The molecule has 3 aromatic carbocycles. The molecule has 0 bridgehead atoms. The van der Waals surface area contributed by atoms with E-state index < -0.39 is 5.97 Å². The van der Waals surface area contributed by atoms with Crippen molar-refractivity contribution in [1.82, 2.24) is 0 Å². The van der Waals surface area contributed by atoms with Crippen molar-refractivity contribution in [2.24, 2.45) is 0 Å². The van der Waals surface area contributed by atoms with Gasteiger partial charge in [0, 0.05) is 0 Å². The minimum Gasteiger partial charge on any atom is -0.493 e. The van der Waals surface area contributed by atoms with Crippen LogP contribution in [0.5, 0.6) is 17.2 Å². The average Bonchev–Trinajstić information content (AvgIpc) is 2.77. The number of rotatable bonds is 10. The minimum absolute atomic E-state index is 0.0525. The molecule has 6 heteroatoms. The predicted octanol–water partition coefficient (Wildman–Crippen LogP) is 5.31. The normalized spacial score (nSPS) is 10.2. The number of hydrogen-bond acceptors (Lipinski definition) is 4. The Balaban J connectivity index is 1.55. The van der Waals surface area contributed by atoms with E-state index in [0.29, 0.717) is 18.1 Å². The minimum atomic E-state index is -1.09. The lowest BCUT2D eigenvalue weighted by atomic mass is 10.1. The van der Waals surface area contributed by atoms with E-state index in [1.54, 1.807) is 48.5 Å². The van der Waals surface area contributed by atoms with Crippen LogP contribution in [0.3, 0.4) is 0 Å². The van der Waals surface area contributed by atoms with Crippen molar-refractivity contribution in [2.45, 2.75) is 12.8 Å². The van der Waals surface area contributed by atoms with E-state index in [-0.39, 0.29) is 23.6 Å². The van der Waals surface area contributed by atoms with E-state index >= 15 is 0 Å². The molecular formula is C25H23NO5. The summed E-state index contributed by atoms with van der Waals surface area (Å²) >= 11 is 0. The van der Waals surface area contributed by atoms with Gasteiger partial charge in [0.05, 0.1) is 24.3 Å². The second-order valence-electron chi connectivity index (χ2n) is 6.72. The van der Waals surface area contributed by atoms with E-state index in [1.165, 1.54) is 6.07 Å². The van der Waals surface area contributed by atoms with Gasteiger partial charge in [-0.15, -0.1) is 6.58 Å². The molecule has 31 heavy (non-hydrogen) atoms. The molecule has 0 aliphatic rings. The van der Waals surface area contributed by atoms with Crippen LogP contribution in [0.25, 0.3) is 0 Å². The number of hydrogen-bond donors (Lipinski definition) is 2. The van der Waals surface area contributed by atoms with Crippen LogP contribution >= 0.6 is 0 Å². The molecular weight excluding hydrogens is 394 g/mol. The number of ether oxygens (including phenoxy) is 2. The topological polar surface area (TPSA) is 84.9 Å². The van der Waals surface area contributed by atoms with Gasteiger partial charge in [-0.25, -0.2) is 4.79 Å². The van der Waals surface area contributed by atoms with E-state index in [9.17, 15) is 14.7 Å². The summed E-state index contributed by atoms with van der Waals surface area (Å²) in [5.74, 6) is 0.691. The lowest BCUT2D eigenvalue weighted by molar-refractivity contribution is -0.115. The summed E-state index contributed by atoms with van der Waals surface area (Å²) in [6.07, 6.45) is 2.71. The van der Waals surface area contributed by atoms with Crippen LogP contribution in [0.2, 0.25) is 0 Å². The molecule has 0 saturated heterocycles. The van der Waals surface area contributed by atoms with Crippen LogP contribution in [0.4, 0.5) is 5.69 Å². The zero-order valence-corrected chi connectivity index (χ0v) is 16.9. The number of amides is 1. The molecule has 3 aromatic rings. The van der Waals surface area contributed by atoms with Crippen molar-refractivity contribution < 1.29 is 24.2 Å². The monoisotopic (exact) mass is 417 g/mol. The average molecular weight is 417 g/mol. The van der Waals surface area contributed by atoms with E-state index in [0.717, 1.165) is 17.7 Å². The van der Waals surface area contributed by atoms with Gasteiger partial charge in [-0.2, -0.15) is 0 Å². The molecule has 158 valence electrons. The third kappa shape index (κ3) is 6.47. The standard InChI is InChI=1S/C25H23NO5/c1-2-3-16-30-19-12-14-21(15-13-19)31-20-10-8-18(9-11-20)17-24(27)26-23-7-5-4-6-22(23)25(28)29/h2,4-15H,1,3,16-17H2,(H,26,27)(H,28,29). The third-order valence-corrected chi connectivity index (χ3v) is 4.37. The highest BCUT2D eigenvalue weighted by atomic mass is 16.5. The second-order valence-corrected chi connectivity index (χ2v) is 6.72. The zero-order valence-electron chi connectivity index (χ0n) is 16.9. The maximum absolute atomic E-state index is 12.3. The van der Waals surface area contributed by atoms with E-state index in [4.69, 9.17) is 9.47 Å². The number of aromatic carboxylic acids is 1. The van der Waals surface area contributed by atoms with Crippen molar-refractivity contribution in [3.05, 3.63) is 96.6 Å². The van der Waals surface area contributed by atoms with Crippen LogP contribution < -0.4 is 14.8 Å². The number of anilines is 1. The van der Waals surface area contributed by atoms with E-state index in [1.807, 2.05) is 24.3 Å². The molecule has 0 aliphatic carbocycles. The fourth-order valence-electron chi connectivity index (χ4n) is 2.83. The van der Waals surface area contributed by atoms with Gasteiger partial charge < -0.3 is 19.9 Å². The number of carbonyl (C=O) groups is 2. The fourth-order valence-corrected chi connectivity index (χ4v) is 2.83. The molecule has 0 aliphatic heterocycles. The quantitative estimate of drug-likeness (QED) is 0.345. The van der Waals surface area contributed by atoms with Gasteiger partial charge in [0.15, 0.2) is 0 Å². The first-order valence-electron chi connectivity index (χ1n) is 9.78. The number of benzene rings is 3. The Hall–Kier alpha value is -4.06. The molecule has 0 aromatic heterocycles. The first-order chi connectivity index (χ1) is 15.0. The lowest BCUT2D eigenvalue weighted by Crippen LogP contribution is -2.16. The van der Waals surface area contributed by atoms with Gasteiger partial charge in [-0.05, 0) is 60.5 Å². The molecule has 0 heterocycles. The first-order valence-corrected chi connectivity index (χ1v) is 9.78. The van der Waals surface area contributed by atoms with Gasteiger partial charge >= 0.3 is 5.97 Å². The molecule has 0 spiro atoms.